The Morgan fingerprint density at radius 3 is 2.55 bits per heavy atom. The van der Waals surface area contributed by atoms with E-state index < -0.39 is 0 Å². The predicted molar refractivity (Wildman–Crippen MR) is 159 cm³/mol. The number of benzene rings is 3. The number of hydrogen-bond donors (Lipinski definition) is 2. The molecule has 4 rings (SSSR count). The summed E-state index contributed by atoms with van der Waals surface area (Å²) in [5.74, 6) is -0.000155. The van der Waals surface area contributed by atoms with Gasteiger partial charge < -0.3 is 20.1 Å². The summed E-state index contributed by atoms with van der Waals surface area (Å²) in [5.41, 5.74) is 2.78. The normalized spacial score (nSPS) is 18.0. The van der Waals surface area contributed by atoms with Crippen LogP contribution < -0.4 is 10.1 Å². The van der Waals surface area contributed by atoms with E-state index in [2.05, 4.69) is 10.2 Å². The molecule has 0 aromatic heterocycles. The van der Waals surface area contributed by atoms with E-state index in [0.717, 1.165) is 11.1 Å². The maximum atomic E-state index is 13.7. The van der Waals surface area contributed by atoms with E-state index >= 15 is 0 Å². The molecule has 2 amide bonds. The summed E-state index contributed by atoms with van der Waals surface area (Å²) in [4.78, 5) is 30.2. The number of amides is 2. The first kappa shape index (κ1) is 29.9. The number of rotatable bonds is 9. The number of nitrogens with zero attached hydrogens (tertiary/aromatic N) is 2. The Bertz CT molecular complexity index is 1340. The van der Waals surface area contributed by atoms with Crippen LogP contribution >= 0.6 is 23.2 Å². The van der Waals surface area contributed by atoms with Gasteiger partial charge in [-0.3, -0.25) is 14.5 Å². The first-order valence-electron chi connectivity index (χ1n) is 13.3. The molecule has 7 nitrogen and oxygen atoms in total. The summed E-state index contributed by atoms with van der Waals surface area (Å²) < 4.78 is 6.48. The van der Waals surface area contributed by atoms with Gasteiger partial charge in [0.1, 0.15) is 11.9 Å². The second-order valence-electron chi connectivity index (χ2n) is 10.5. The van der Waals surface area contributed by atoms with Crippen molar-refractivity contribution in [3.8, 4) is 5.75 Å². The topological polar surface area (TPSA) is 82.1 Å². The molecule has 0 spiro atoms. The zero-order valence-electron chi connectivity index (χ0n) is 22.9. The molecular formula is C31H35Cl2N3O4. The lowest BCUT2D eigenvalue weighted by molar-refractivity contribution is -0.115. The molecule has 9 heteroatoms. The van der Waals surface area contributed by atoms with Crippen molar-refractivity contribution in [3.63, 3.8) is 0 Å². The number of aliphatic hydroxyl groups excluding tert-OH is 1. The van der Waals surface area contributed by atoms with Crippen LogP contribution in [0.25, 0.3) is 0 Å². The lowest BCUT2D eigenvalue weighted by Crippen LogP contribution is -2.49. The van der Waals surface area contributed by atoms with Crippen molar-refractivity contribution >= 4 is 40.7 Å². The first-order valence-corrected chi connectivity index (χ1v) is 14.1. The average Bonchev–Trinajstić information content (AvgIpc) is 2.93. The van der Waals surface area contributed by atoms with Crippen LogP contribution in [-0.4, -0.2) is 65.6 Å². The van der Waals surface area contributed by atoms with Crippen LogP contribution in [0.2, 0.25) is 10.0 Å². The molecule has 3 atom stereocenters. The second kappa shape index (κ2) is 13.5. The zero-order chi connectivity index (χ0) is 28.8. The van der Waals surface area contributed by atoms with E-state index in [1.807, 2.05) is 63.4 Å². The van der Waals surface area contributed by atoms with E-state index in [0.29, 0.717) is 46.7 Å². The van der Waals surface area contributed by atoms with Crippen LogP contribution in [0.15, 0.2) is 66.7 Å². The fraction of sp³-hybridized carbons (Fsp3) is 0.355. The number of carbonyl (C=O) groups is 2. The minimum Gasteiger partial charge on any atom is -0.488 e. The Balaban J connectivity index is 1.56. The molecule has 0 saturated heterocycles. The Kier molecular flexibility index (Phi) is 10.1. The highest BCUT2D eigenvalue weighted by atomic mass is 35.5. The molecule has 1 aliphatic heterocycles. The van der Waals surface area contributed by atoms with Gasteiger partial charge in [0.15, 0.2) is 0 Å². The number of hydrogen-bond acceptors (Lipinski definition) is 5. The highest BCUT2D eigenvalue weighted by Gasteiger charge is 2.33. The third-order valence-electron chi connectivity index (χ3n) is 7.08. The number of aliphatic hydroxyl groups is 1. The van der Waals surface area contributed by atoms with Crippen molar-refractivity contribution in [2.24, 2.45) is 5.92 Å². The summed E-state index contributed by atoms with van der Waals surface area (Å²) >= 11 is 12.3. The smallest absolute Gasteiger partial charge is 0.258 e. The van der Waals surface area contributed by atoms with Crippen molar-refractivity contribution in [2.75, 3.05) is 32.1 Å². The van der Waals surface area contributed by atoms with Gasteiger partial charge in [-0.2, -0.15) is 0 Å². The maximum Gasteiger partial charge on any atom is 0.258 e. The van der Waals surface area contributed by atoms with Crippen molar-refractivity contribution in [2.45, 2.75) is 39.0 Å². The minimum atomic E-state index is -0.383. The third kappa shape index (κ3) is 7.55. The monoisotopic (exact) mass is 583 g/mol. The summed E-state index contributed by atoms with van der Waals surface area (Å²) in [6, 6.07) is 19.8. The van der Waals surface area contributed by atoms with E-state index in [4.69, 9.17) is 27.9 Å². The first-order chi connectivity index (χ1) is 19.1. The molecule has 0 radical (unpaired) electrons. The number of carbonyl (C=O) groups excluding carboxylic acids is 2. The van der Waals surface area contributed by atoms with Crippen molar-refractivity contribution in [1.29, 1.82) is 0 Å². The molecule has 0 fully saturated rings. The van der Waals surface area contributed by atoms with Crippen LogP contribution in [0.3, 0.4) is 0 Å². The van der Waals surface area contributed by atoms with Crippen LogP contribution in [0.5, 0.6) is 5.75 Å². The molecule has 3 aromatic carbocycles. The standard InChI is InChI=1S/C31H35Cl2N3O4/c1-20-16-36(21(2)19-37)31(39)25-15-24(34-30(38)14-22-7-5-4-6-8-22)10-12-28(25)40-29(20)18-35(3)17-23-9-11-26(32)27(33)13-23/h4-13,15,20-21,29,37H,14,16-19H2,1-3H3,(H,34,38)/t20-,21+,29+/m1/s1. The molecule has 0 saturated carbocycles. The average molecular weight is 585 g/mol. The Morgan fingerprint density at radius 2 is 1.85 bits per heavy atom. The SMILES string of the molecule is C[C@@H]1CN([C@@H](C)CO)C(=O)c2cc(NC(=O)Cc3ccccc3)ccc2O[C@H]1CN(C)Cc1ccc(Cl)c(Cl)c1. The summed E-state index contributed by atoms with van der Waals surface area (Å²) in [7, 11) is 2.00. The van der Waals surface area contributed by atoms with Crippen molar-refractivity contribution in [1.82, 2.24) is 9.80 Å². The van der Waals surface area contributed by atoms with Crippen LogP contribution in [0, 0.1) is 5.92 Å². The molecule has 40 heavy (non-hydrogen) atoms. The summed E-state index contributed by atoms with van der Waals surface area (Å²) in [6.45, 7) is 5.35. The van der Waals surface area contributed by atoms with Crippen LogP contribution in [0.1, 0.15) is 35.3 Å². The van der Waals surface area contributed by atoms with Gasteiger partial charge in [-0.05, 0) is 55.4 Å². The highest BCUT2D eigenvalue weighted by Crippen LogP contribution is 2.31. The lowest BCUT2D eigenvalue weighted by Gasteiger charge is -2.38. The van der Waals surface area contributed by atoms with Gasteiger partial charge in [-0.25, -0.2) is 0 Å². The number of nitrogens with one attached hydrogen (secondary N) is 1. The van der Waals surface area contributed by atoms with Crippen molar-refractivity contribution in [3.05, 3.63) is 93.5 Å². The highest BCUT2D eigenvalue weighted by molar-refractivity contribution is 6.42. The molecule has 0 bridgehead atoms. The number of anilines is 1. The van der Waals surface area contributed by atoms with Crippen molar-refractivity contribution < 1.29 is 19.4 Å². The fourth-order valence-corrected chi connectivity index (χ4v) is 5.15. The third-order valence-corrected chi connectivity index (χ3v) is 7.82. The van der Waals surface area contributed by atoms with Gasteiger partial charge in [-0.1, -0.05) is 66.5 Å². The zero-order valence-corrected chi connectivity index (χ0v) is 24.5. The minimum absolute atomic E-state index is 0.0207. The van der Waals surface area contributed by atoms with Gasteiger partial charge in [-0.15, -0.1) is 0 Å². The number of likely N-dealkylation sites (N-methyl/N-ethyl adjacent to an activating group) is 1. The van der Waals surface area contributed by atoms with Crippen LogP contribution in [-0.2, 0) is 17.8 Å². The lowest BCUT2D eigenvalue weighted by atomic mass is 9.99. The molecule has 2 N–H and O–H groups in total. The number of halogens is 2. The number of fused-ring (bicyclic) bond motifs is 1. The Morgan fingerprint density at radius 1 is 1.10 bits per heavy atom. The Hall–Kier alpha value is -3.10. The van der Waals surface area contributed by atoms with E-state index in [1.165, 1.54) is 0 Å². The van der Waals surface area contributed by atoms with Gasteiger partial charge in [0.25, 0.3) is 5.91 Å². The molecule has 1 heterocycles. The van der Waals surface area contributed by atoms with Crippen LogP contribution in [0.4, 0.5) is 5.69 Å². The second-order valence-corrected chi connectivity index (χ2v) is 11.3. The molecule has 212 valence electrons. The van der Waals surface area contributed by atoms with Gasteiger partial charge >= 0.3 is 0 Å². The molecule has 0 aliphatic carbocycles. The van der Waals surface area contributed by atoms with E-state index in [-0.39, 0.29) is 42.9 Å². The molecule has 1 aliphatic rings. The van der Waals surface area contributed by atoms with Gasteiger partial charge in [0, 0.05) is 31.2 Å². The summed E-state index contributed by atoms with van der Waals surface area (Å²) in [6.07, 6.45) is -0.0209. The number of ether oxygens (including phenoxy) is 1. The van der Waals surface area contributed by atoms with E-state index in [1.54, 1.807) is 29.2 Å². The quantitative estimate of drug-likeness (QED) is 0.346. The van der Waals surface area contributed by atoms with Gasteiger partial charge in [0.2, 0.25) is 5.91 Å². The molecule has 3 aromatic rings. The fourth-order valence-electron chi connectivity index (χ4n) is 4.83. The maximum absolute atomic E-state index is 13.7. The molecular weight excluding hydrogens is 549 g/mol. The molecule has 0 unspecified atom stereocenters. The predicted octanol–water partition coefficient (Wildman–Crippen LogP) is 5.53. The largest absolute Gasteiger partial charge is 0.488 e. The van der Waals surface area contributed by atoms with E-state index in [9.17, 15) is 14.7 Å². The Labute approximate surface area is 245 Å². The van der Waals surface area contributed by atoms with Gasteiger partial charge in [0.05, 0.1) is 34.7 Å². The summed E-state index contributed by atoms with van der Waals surface area (Å²) in [5, 5.41) is 13.8.